The molecule has 1 aromatic carbocycles. The smallest absolute Gasteiger partial charge is 0.290 e. The van der Waals surface area contributed by atoms with Crippen LogP contribution in [0.4, 0.5) is 5.69 Å². The lowest BCUT2D eigenvalue weighted by atomic mass is 9.95. The number of nitrogens with one attached hydrogen (secondary N) is 2. The van der Waals surface area contributed by atoms with Gasteiger partial charge in [-0.15, -0.1) is 0 Å². The largest absolute Gasteiger partial charge is 0.495 e. The number of ketones is 1. The van der Waals surface area contributed by atoms with Crippen LogP contribution in [0.2, 0.25) is 0 Å². The van der Waals surface area contributed by atoms with Crippen LogP contribution in [-0.2, 0) is 9.59 Å². The number of carbonyl (C=O) groups excluding carboxylic acids is 4. The Kier molecular flexibility index (Phi) is 6.22. The van der Waals surface area contributed by atoms with E-state index in [0.717, 1.165) is 0 Å². The Labute approximate surface area is 189 Å². The number of carbonyl (C=O) groups is 4. The Balaban J connectivity index is 1.47. The van der Waals surface area contributed by atoms with Gasteiger partial charge in [-0.3, -0.25) is 24.6 Å². The molecule has 11 heteroatoms. The normalized spacial score (nSPS) is 17.1. The number of methoxy groups -OCH3 is 1. The summed E-state index contributed by atoms with van der Waals surface area (Å²) in [5.74, 6) is 2.71. The molecule has 0 aliphatic carbocycles. The third-order valence-electron chi connectivity index (χ3n) is 5.88. The fraction of sp³-hybridized carbons (Fsp3) is 0.318. The lowest BCUT2D eigenvalue weighted by molar-refractivity contribution is -0.146. The molecule has 1 saturated heterocycles. The first kappa shape index (κ1) is 22.2. The third-order valence-corrected chi connectivity index (χ3v) is 5.88. The number of hydrogen-bond acceptors (Lipinski definition) is 8. The number of nitrogen functional groups attached to an aromatic ring is 1. The van der Waals surface area contributed by atoms with Gasteiger partial charge in [0.2, 0.25) is 5.78 Å². The predicted octanol–water partition coefficient (Wildman–Crippen LogP) is -0.243. The maximum Gasteiger partial charge on any atom is 0.290 e. The van der Waals surface area contributed by atoms with Gasteiger partial charge in [0, 0.05) is 43.9 Å². The fourth-order valence-corrected chi connectivity index (χ4v) is 4.15. The van der Waals surface area contributed by atoms with Crippen molar-refractivity contribution in [2.24, 2.45) is 5.84 Å². The number of nitrogens with two attached hydrogens (primary N) is 1. The molecular weight excluding hydrogens is 428 g/mol. The lowest BCUT2D eigenvalue weighted by Crippen LogP contribution is -2.52. The van der Waals surface area contributed by atoms with E-state index < -0.39 is 23.5 Å². The molecule has 0 spiro atoms. The summed E-state index contributed by atoms with van der Waals surface area (Å²) in [4.78, 5) is 58.0. The van der Waals surface area contributed by atoms with Gasteiger partial charge >= 0.3 is 0 Å². The molecule has 1 fully saturated rings. The van der Waals surface area contributed by atoms with Crippen molar-refractivity contribution in [3.05, 3.63) is 53.3 Å². The van der Waals surface area contributed by atoms with Crippen LogP contribution in [0.15, 0.2) is 36.5 Å². The third kappa shape index (κ3) is 4.10. The molecule has 0 saturated carbocycles. The van der Waals surface area contributed by atoms with Crippen LogP contribution in [0.1, 0.15) is 32.3 Å². The van der Waals surface area contributed by atoms with Gasteiger partial charge in [0.25, 0.3) is 17.7 Å². The summed E-state index contributed by atoms with van der Waals surface area (Å²) in [6, 6.07) is 8.92. The molecule has 4 rings (SSSR count). The molecule has 33 heavy (non-hydrogen) atoms. The highest BCUT2D eigenvalue weighted by molar-refractivity contribution is 6.38. The minimum atomic E-state index is -0.834. The van der Waals surface area contributed by atoms with E-state index in [0.29, 0.717) is 35.7 Å². The van der Waals surface area contributed by atoms with Gasteiger partial charge in [-0.1, -0.05) is 18.2 Å². The molecule has 0 radical (unpaired) electrons. The number of anilines is 1. The van der Waals surface area contributed by atoms with Gasteiger partial charge in [0.05, 0.1) is 24.9 Å². The van der Waals surface area contributed by atoms with Crippen LogP contribution in [0.25, 0.3) is 0 Å². The van der Waals surface area contributed by atoms with E-state index in [1.54, 1.807) is 29.2 Å². The van der Waals surface area contributed by atoms with E-state index >= 15 is 0 Å². The summed E-state index contributed by atoms with van der Waals surface area (Å²) in [7, 11) is 1.42. The number of ether oxygens (including phenoxy) is 1. The Morgan fingerprint density at radius 2 is 1.76 bits per heavy atom. The number of fused-ring (bicyclic) bond motifs is 1. The number of hydrazine groups is 1. The summed E-state index contributed by atoms with van der Waals surface area (Å²) < 4.78 is 5.33. The van der Waals surface area contributed by atoms with Crippen LogP contribution >= 0.6 is 0 Å². The quantitative estimate of drug-likeness (QED) is 0.244. The van der Waals surface area contributed by atoms with Crippen molar-refractivity contribution in [1.82, 2.24) is 20.2 Å². The summed E-state index contributed by atoms with van der Waals surface area (Å²) in [6.07, 6.45) is 1.33. The average Bonchev–Trinajstić information content (AvgIpc) is 3.32. The standard InChI is InChI=1S/C22H24N6O5/c1-33-15-12-25-18(20(30)26-23)17-16(15)14(11-24-17)19(29)22(32)28-9-7-27(8-10-28)21(31)13-5-3-2-4-6-13/h2-6,12,14,24H,7-11,23H2,1H3,(H,26,30). The highest BCUT2D eigenvalue weighted by atomic mass is 16.5. The highest BCUT2D eigenvalue weighted by Crippen LogP contribution is 2.40. The molecule has 3 amide bonds. The zero-order valence-electron chi connectivity index (χ0n) is 18.0. The van der Waals surface area contributed by atoms with E-state index in [4.69, 9.17) is 10.6 Å². The number of pyridine rings is 1. The van der Waals surface area contributed by atoms with Crippen molar-refractivity contribution < 1.29 is 23.9 Å². The summed E-state index contributed by atoms with van der Waals surface area (Å²) in [6.45, 7) is 1.30. The van der Waals surface area contributed by atoms with Crippen LogP contribution < -0.4 is 21.3 Å². The molecule has 1 aromatic heterocycles. The molecule has 2 aliphatic rings. The van der Waals surface area contributed by atoms with E-state index in [-0.39, 0.29) is 31.2 Å². The van der Waals surface area contributed by atoms with Crippen LogP contribution in [0.5, 0.6) is 5.75 Å². The van der Waals surface area contributed by atoms with Gasteiger partial charge in [0.1, 0.15) is 5.75 Å². The van der Waals surface area contributed by atoms with Gasteiger partial charge < -0.3 is 19.9 Å². The summed E-state index contributed by atoms with van der Waals surface area (Å²) in [5, 5.41) is 2.98. The average molecular weight is 452 g/mol. The first-order valence-corrected chi connectivity index (χ1v) is 10.4. The van der Waals surface area contributed by atoms with Gasteiger partial charge in [-0.2, -0.15) is 0 Å². The Morgan fingerprint density at radius 3 is 2.39 bits per heavy atom. The first-order chi connectivity index (χ1) is 16.0. The SMILES string of the molecule is COc1cnc(C(=O)NN)c2c1C(C(=O)C(=O)N1CCN(C(=O)c3ccccc3)CC1)CN2. The molecule has 2 aromatic rings. The second-order valence-electron chi connectivity index (χ2n) is 7.69. The van der Waals surface area contributed by atoms with E-state index in [1.165, 1.54) is 18.2 Å². The maximum absolute atomic E-state index is 13.2. The monoisotopic (exact) mass is 452 g/mol. The number of nitrogens with zero attached hydrogens (tertiary/aromatic N) is 3. The second-order valence-corrected chi connectivity index (χ2v) is 7.69. The molecule has 3 heterocycles. The topological polar surface area (TPSA) is 147 Å². The van der Waals surface area contributed by atoms with Crippen molar-refractivity contribution >= 4 is 29.2 Å². The maximum atomic E-state index is 13.2. The number of aromatic nitrogens is 1. The lowest BCUT2D eigenvalue weighted by Gasteiger charge is -2.34. The van der Waals surface area contributed by atoms with Crippen LogP contribution in [0.3, 0.4) is 0 Å². The van der Waals surface area contributed by atoms with Gasteiger partial charge in [-0.25, -0.2) is 10.8 Å². The minimum Gasteiger partial charge on any atom is -0.495 e. The van der Waals surface area contributed by atoms with E-state index in [9.17, 15) is 19.2 Å². The van der Waals surface area contributed by atoms with Crippen molar-refractivity contribution in [2.45, 2.75) is 5.92 Å². The van der Waals surface area contributed by atoms with Crippen molar-refractivity contribution in [1.29, 1.82) is 0 Å². The number of amides is 3. The van der Waals surface area contributed by atoms with Crippen LogP contribution in [-0.4, -0.2) is 78.1 Å². The number of rotatable bonds is 5. The van der Waals surface area contributed by atoms with E-state index in [1.807, 2.05) is 11.5 Å². The minimum absolute atomic E-state index is 0.0177. The summed E-state index contributed by atoms with van der Waals surface area (Å²) in [5.41, 5.74) is 3.34. The molecule has 0 bridgehead atoms. The molecule has 172 valence electrons. The summed E-state index contributed by atoms with van der Waals surface area (Å²) >= 11 is 0. The second kappa shape index (κ2) is 9.25. The number of hydrogen-bond donors (Lipinski definition) is 3. The van der Waals surface area contributed by atoms with Crippen molar-refractivity contribution in [3.63, 3.8) is 0 Å². The van der Waals surface area contributed by atoms with Gasteiger partial charge in [-0.05, 0) is 12.1 Å². The predicted molar refractivity (Wildman–Crippen MR) is 118 cm³/mol. The van der Waals surface area contributed by atoms with E-state index in [2.05, 4.69) is 10.3 Å². The Morgan fingerprint density at radius 1 is 1.09 bits per heavy atom. The Bertz CT molecular complexity index is 1100. The molecular formula is C22H24N6O5. The molecule has 2 aliphatic heterocycles. The van der Waals surface area contributed by atoms with Crippen molar-refractivity contribution in [2.75, 3.05) is 45.2 Å². The number of piperazine rings is 1. The molecule has 1 unspecified atom stereocenters. The highest BCUT2D eigenvalue weighted by Gasteiger charge is 2.40. The van der Waals surface area contributed by atoms with Crippen molar-refractivity contribution in [3.8, 4) is 5.75 Å². The van der Waals surface area contributed by atoms with Gasteiger partial charge in [0.15, 0.2) is 5.69 Å². The number of benzene rings is 1. The molecule has 4 N–H and O–H groups in total. The Hall–Kier alpha value is -3.99. The first-order valence-electron chi connectivity index (χ1n) is 10.4. The molecule has 11 nitrogen and oxygen atoms in total. The zero-order valence-corrected chi connectivity index (χ0v) is 18.0. The van der Waals surface area contributed by atoms with Crippen LogP contribution in [0, 0.1) is 0 Å². The zero-order chi connectivity index (χ0) is 23.5. The number of Topliss-reactive ketones (excluding diaryl/α,β-unsaturated/α-hetero) is 1. The fourth-order valence-electron chi connectivity index (χ4n) is 4.15. The molecule has 1 atom stereocenters.